The monoisotopic (exact) mass is 426 g/mol. The van der Waals surface area contributed by atoms with E-state index in [1.54, 1.807) is 45.0 Å². The molecule has 1 heterocycles. The molecular formula is C22H23FN4O4. The van der Waals surface area contributed by atoms with Crippen LogP contribution in [0.2, 0.25) is 0 Å². The smallest absolute Gasteiger partial charge is 0.412 e. The molecule has 0 saturated carbocycles. The van der Waals surface area contributed by atoms with Crippen LogP contribution >= 0.6 is 0 Å². The van der Waals surface area contributed by atoms with Gasteiger partial charge in [-0.15, -0.1) is 0 Å². The number of ether oxygens (including phenoxy) is 1. The van der Waals surface area contributed by atoms with E-state index in [4.69, 9.17) is 4.74 Å². The standard InChI is InChI=1S/C22H23FN4O4/c1-22(2,3)31-21(30)26-18-12-14(8-9-16(18)23)25-19(28)10-11-27-13-24-17-7-5-4-6-15(17)20(27)29/h4-9,12-13H,10-11H2,1-3H3,(H,25,28)(H,26,30). The molecule has 8 nitrogen and oxygen atoms in total. The van der Waals surface area contributed by atoms with Gasteiger partial charge in [-0.25, -0.2) is 14.2 Å². The highest BCUT2D eigenvalue weighted by molar-refractivity contribution is 5.92. The summed E-state index contributed by atoms with van der Waals surface area (Å²) in [5.74, 6) is -1.05. The number of hydrogen-bond acceptors (Lipinski definition) is 5. The van der Waals surface area contributed by atoms with Crippen molar-refractivity contribution in [3.05, 3.63) is 65.0 Å². The molecule has 0 aliphatic carbocycles. The van der Waals surface area contributed by atoms with Crippen LogP contribution in [-0.4, -0.2) is 27.2 Å². The first-order valence-corrected chi connectivity index (χ1v) is 9.66. The Morgan fingerprint density at radius 2 is 1.87 bits per heavy atom. The summed E-state index contributed by atoms with van der Waals surface area (Å²) < 4.78 is 20.5. The van der Waals surface area contributed by atoms with Crippen molar-refractivity contribution >= 4 is 34.3 Å². The normalized spacial score (nSPS) is 11.2. The van der Waals surface area contributed by atoms with E-state index in [1.165, 1.54) is 23.0 Å². The second-order valence-electron chi connectivity index (χ2n) is 7.88. The predicted molar refractivity (Wildman–Crippen MR) is 116 cm³/mol. The Hall–Kier alpha value is -3.75. The fourth-order valence-corrected chi connectivity index (χ4v) is 2.82. The van der Waals surface area contributed by atoms with Gasteiger partial charge in [0.25, 0.3) is 5.56 Å². The molecule has 3 aromatic rings. The summed E-state index contributed by atoms with van der Waals surface area (Å²) in [4.78, 5) is 40.9. The number of hydrogen-bond donors (Lipinski definition) is 2. The Bertz CT molecular complexity index is 1180. The molecule has 1 aromatic heterocycles. The van der Waals surface area contributed by atoms with Gasteiger partial charge in [0.2, 0.25) is 5.91 Å². The zero-order chi connectivity index (χ0) is 22.6. The van der Waals surface area contributed by atoms with Crippen LogP contribution in [0.15, 0.2) is 53.6 Å². The van der Waals surface area contributed by atoms with Crippen LogP contribution in [0.25, 0.3) is 10.9 Å². The van der Waals surface area contributed by atoms with Gasteiger partial charge in [-0.2, -0.15) is 0 Å². The first-order valence-electron chi connectivity index (χ1n) is 9.66. The minimum absolute atomic E-state index is 0.00608. The van der Waals surface area contributed by atoms with Gasteiger partial charge in [-0.05, 0) is 51.1 Å². The number of carbonyl (C=O) groups excluding carboxylic acids is 2. The molecule has 9 heteroatoms. The summed E-state index contributed by atoms with van der Waals surface area (Å²) >= 11 is 0. The number of anilines is 2. The molecule has 0 atom stereocenters. The van der Waals surface area contributed by atoms with Gasteiger partial charge in [0.1, 0.15) is 11.4 Å². The lowest BCUT2D eigenvalue weighted by molar-refractivity contribution is -0.116. The van der Waals surface area contributed by atoms with E-state index in [0.717, 1.165) is 6.07 Å². The van der Waals surface area contributed by atoms with Crippen LogP contribution in [-0.2, 0) is 16.1 Å². The maximum atomic E-state index is 14.0. The van der Waals surface area contributed by atoms with E-state index in [2.05, 4.69) is 15.6 Å². The maximum Gasteiger partial charge on any atom is 0.412 e. The first kappa shape index (κ1) is 21.9. The van der Waals surface area contributed by atoms with Crippen molar-refractivity contribution in [3.63, 3.8) is 0 Å². The number of amides is 2. The van der Waals surface area contributed by atoms with Gasteiger partial charge >= 0.3 is 6.09 Å². The van der Waals surface area contributed by atoms with Crippen LogP contribution in [0, 0.1) is 5.82 Å². The Morgan fingerprint density at radius 3 is 2.61 bits per heavy atom. The third-order valence-electron chi connectivity index (χ3n) is 4.20. The molecule has 2 amide bonds. The Kier molecular flexibility index (Phi) is 6.33. The van der Waals surface area contributed by atoms with Crippen molar-refractivity contribution in [2.45, 2.75) is 39.3 Å². The maximum absolute atomic E-state index is 14.0. The molecule has 0 saturated heterocycles. The summed E-state index contributed by atoms with van der Waals surface area (Å²) in [6, 6.07) is 10.8. The van der Waals surface area contributed by atoms with Gasteiger partial charge in [-0.3, -0.25) is 19.5 Å². The Morgan fingerprint density at radius 1 is 1.13 bits per heavy atom. The second-order valence-corrected chi connectivity index (χ2v) is 7.88. The summed E-state index contributed by atoms with van der Waals surface area (Å²) in [6.07, 6.45) is 0.600. The van der Waals surface area contributed by atoms with Crippen molar-refractivity contribution in [1.29, 1.82) is 0 Å². The van der Waals surface area contributed by atoms with Gasteiger partial charge in [-0.1, -0.05) is 12.1 Å². The quantitative estimate of drug-likeness (QED) is 0.644. The van der Waals surface area contributed by atoms with Crippen molar-refractivity contribution in [2.75, 3.05) is 10.6 Å². The van der Waals surface area contributed by atoms with Crippen LogP contribution in [0.5, 0.6) is 0 Å². The molecule has 162 valence electrons. The van der Waals surface area contributed by atoms with Crippen molar-refractivity contribution in [3.8, 4) is 0 Å². The minimum atomic E-state index is -0.807. The predicted octanol–water partition coefficient (Wildman–Crippen LogP) is 3.91. The molecular weight excluding hydrogens is 403 g/mol. The first-order chi connectivity index (χ1) is 14.6. The molecule has 0 unspecified atom stereocenters. The average molecular weight is 426 g/mol. The molecule has 2 N–H and O–H groups in total. The average Bonchev–Trinajstić information content (AvgIpc) is 2.69. The highest BCUT2D eigenvalue weighted by Crippen LogP contribution is 2.21. The molecule has 3 rings (SSSR count). The lowest BCUT2D eigenvalue weighted by atomic mass is 10.2. The van der Waals surface area contributed by atoms with Crippen LogP contribution in [0.3, 0.4) is 0 Å². The number of halogens is 1. The van der Waals surface area contributed by atoms with E-state index in [9.17, 15) is 18.8 Å². The number of aromatic nitrogens is 2. The van der Waals surface area contributed by atoms with Gasteiger partial charge < -0.3 is 10.1 Å². The van der Waals surface area contributed by atoms with Gasteiger partial charge in [0.05, 0.1) is 22.9 Å². The highest BCUT2D eigenvalue weighted by atomic mass is 19.1. The lowest BCUT2D eigenvalue weighted by Crippen LogP contribution is -2.27. The Labute approximate surface area is 178 Å². The number of para-hydroxylation sites is 1. The van der Waals surface area contributed by atoms with Crippen LogP contribution in [0.1, 0.15) is 27.2 Å². The third-order valence-corrected chi connectivity index (χ3v) is 4.20. The SMILES string of the molecule is CC(C)(C)OC(=O)Nc1cc(NC(=O)CCn2cnc3ccccc3c2=O)ccc1F. The summed E-state index contributed by atoms with van der Waals surface area (Å²) in [7, 11) is 0. The summed E-state index contributed by atoms with van der Waals surface area (Å²) in [6.45, 7) is 5.20. The van der Waals surface area contributed by atoms with Gasteiger partial charge in [0, 0.05) is 18.7 Å². The topological polar surface area (TPSA) is 102 Å². The third kappa shape index (κ3) is 5.88. The van der Waals surface area contributed by atoms with Crippen LogP contribution in [0.4, 0.5) is 20.6 Å². The van der Waals surface area contributed by atoms with Crippen molar-refractivity contribution < 1.29 is 18.7 Å². The fraction of sp³-hybridized carbons (Fsp3) is 0.273. The van der Waals surface area contributed by atoms with Gasteiger partial charge in [0.15, 0.2) is 0 Å². The van der Waals surface area contributed by atoms with Crippen molar-refractivity contribution in [1.82, 2.24) is 9.55 Å². The highest BCUT2D eigenvalue weighted by Gasteiger charge is 2.18. The lowest BCUT2D eigenvalue weighted by Gasteiger charge is -2.20. The number of nitrogens with one attached hydrogen (secondary N) is 2. The molecule has 0 radical (unpaired) electrons. The molecule has 0 aliphatic heterocycles. The van der Waals surface area contributed by atoms with E-state index >= 15 is 0 Å². The molecule has 2 aromatic carbocycles. The van der Waals surface area contributed by atoms with E-state index < -0.39 is 17.5 Å². The number of rotatable bonds is 5. The summed E-state index contributed by atoms with van der Waals surface area (Å²) in [5.41, 5.74) is -0.209. The van der Waals surface area contributed by atoms with Crippen molar-refractivity contribution in [2.24, 2.45) is 0 Å². The van der Waals surface area contributed by atoms with E-state index in [-0.39, 0.29) is 30.1 Å². The van der Waals surface area contributed by atoms with E-state index in [1.807, 2.05) is 0 Å². The second kappa shape index (κ2) is 8.95. The van der Waals surface area contributed by atoms with E-state index in [0.29, 0.717) is 16.6 Å². The molecule has 0 aliphatic rings. The molecule has 0 spiro atoms. The zero-order valence-corrected chi connectivity index (χ0v) is 17.4. The summed E-state index contributed by atoms with van der Waals surface area (Å²) in [5, 5.41) is 5.42. The number of benzene rings is 2. The Balaban J connectivity index is 1.64. The molecule has 0 bridgehead atoms. The number of fused-ring (bicyclic) bond motifs is 1. The number of nitrogens with zero attached hydrogens (tertiary/aromatic N) is 2. The largest absolute Gasteiger partial charge is 0.444 e. The molecule has 0 fully saturated rings. The fourth-order valence-electron chi connectivity index (χ4n) is 2.82. The zero-order valence-electron chi connectivity index (χ0n) is 17.4. The van der Waals surface area contributed by atoms with Crippen LogP contribution < -0.4 is 16.2 Å². The molecule has 31 heavy (non-hydrogen) atoms. The number of carbonyl (C=O) groups is 2. The minimum Gasteiger partial charge on any atom is -0.444 e. The number of aryl methyl sites for hydroxylation is 1.